The van der Waals surface area contributed by atoms with Crippen molar-refractivity contribution in [3.8, 4) is 5.75 Å². The van der Waals surface area contributed by atoms with Crippen molar-refractivity contribution < 1.29 is 14.3 Å². The highest BCUT2D eigenvalue weighted by Crippen LogP contribution is 2.18. The Morgan fingerprint density at radius 2 is 2.11 bits per heavy atom. The van der Waals surface area contributed by atoms with E-state index >= 15 is 0 Å². The SMILES string of the molecule is COCCNC(=O)CNCc1ccc(OC)c(C)c1. The van der Waals surface area contributed by atoms with E-state index in [9.17, 15) is 4.79 Å². The quantitative estimate of drug-likeness (QED) is 0.685. The van der Waals surface area contributed by atoms with Crippen molar-refractivity contribution in [3.63, 3.8) is 0 Å². The van der Waals surface area contributed by atoms with E-state index in [-0.39, 0.29) is 5.91 Å². The summed E-state index contributed by atoms with van der Waals surface area (Å²) < 4.78 is 10.1. The van der Waals surface area contributed by atoms with Crippen LogP contribution in [-0.4, -0.2) is 39.8 Å². The van der Waals surface area contributed by atoms with Gasteiger partial charge in [0.2, 0.25) is 5.91 Å². The molecule has 0 spiro atoms. The summed E-state index contributed by atoms with van der Waals surface area (Å²) in [6.45, 7) is 4.03. The van der Waals surface area contributed by atoms with Gasteiger partial charge in [0, 0.05) is 20.2 Å². The number of carbonyl (C=O) groups is 1. The zero-order chi connectivity index (χ0) is 14.1. The minimum Gasteiger partial charge on any atom is -0.496 e. The molecular formula is C14H22N2O3. The molecule has 0 fully saturated rings. The van der Waals surface area contributed by atoms with Gasteiger partial charge in [-0.25, -0.2) is 0 Å². The van der Waals surface area contributed by atoms with Gasteiger partial charge in [-0.15, -0.1) is 0 Å². The van der Waals surface area contributed by atoms with Crippen LogP contribution in [0.3, 0.4) is 0 Å². The molecule has 2 N–H and O–H groups in total. The standard InChI is InChI=1S/C14H22N2O3/c1-11-8-12(4-5-13(11)19-3)9-15-10-14(17)16-6-7-18-2/h4-5,8,15H,6-7,9-10H2,1-3H3,(H,16,17). The van der Waals surface area contributed by atoms with Gasteiger partial charge in [-0.2, -0.15) is 0 Å². The fourth-order valence-corrected chi connectivity index (χ4v) is 1.73. The Kier molecular flexibility index (Phi) is 6.92. The summed E-state index contributed by atoms with van der Waals surface area (Å²) in [7, 11) is 3.26. The van der Waals surface area contributed by atoms with E-state index in [4.69, 9.17) is 9.47 Å². The lowest BCUT2D eigenvalue weighted by Crippen LogP contribution is -2.35. The van der Waals surface area contributed by atoms with Crippen molar-refractivity contribution >= 4 is 5.91 Å². The molecule has 0 unspecified atom stereocenters. The normalized spacial score (nSPS) is 10.3. The first-order valence-electron chi connectivity index (χ1n) is 6.27. The molecule has 0 bridgehead atoms. The first-order valence-corrected chi connectivity index (χ1v) is 6.27. The van der Waals surface area contributed by atoms with Crippen LogP contribution in [0.1, 0.15) is 11.1 Å². The van der Waals surface area contributed by atoms with Crippen molar-refractivity contribution in [1.82, 2.24) is 10.6 Å². The molecule has 0 aliphatic heterocycles. The molecule has 0 saturated carbocycles. The minimum atomic E-state index is -0.0257. The topological polar surface area (TPSA) is 59.6 Å². The summed E-state index contributed by atoms with van der Waals surface area (Å²) in [5, 5.41) is 5.85. The van der Waals surface area contributed by atoms with E-state index < -0.39 is 0 Å². The third kappa shape index (κ3) is 5.72. The molecule has 0 radical (unpaired) electrons. The van der Waals surface area contributed by atoms with Crippen LogP contribution >= 0.6 is 0 Å². The Morgan fingerprint density at radius 3 is 2.74 bits per heavy atom. The molecule has 0 aliphatic rings. The molecule has 5 heteroatoms. The maximum absolute atomic E-state index is 11.4. The van der Waals surface area contributed by atoms with E-state index in [1.165, 1.54) is 0 Å². The lowest BCUT2D eigenvalue weighted by atomic mass is 10.1. The molecule has 0 aliphatic carbocycles. The van der Waals surface area contributed by atoms with E-state index in [1.807, 2.05) is 19.1 Å². The molecule has 5 nitrogen and oxygen atoms in total. The van der Waals surface area contributed by atoms with Crippen molar-refractivity contribution in [2.45, 2.75) is 13.5 Å². The molecule has 1 rings (SSSR count). The van der Waals surface area contributed by atoms with Crippen LogP contribution in [0.4, 0.5) is 0 Å². The number of aryl methyl sites for hydroxylation is 1. The second-order valence-electron chi connectivity index (χ2n) is 4.25. The zero-order valence-corrected chi connectivity index (χ0v) is 11.8. The zero-order valence-electron chi connectivity index (χ0n) is 11.8. The number of rotatable bonds is 8. The van der Waals surface area contributed by atoms with Gasteiger partial charge < -0.3 is 20.1 Å². The molecule has 0 atom stereocenters. The average Bonchev–Trinajstić information content (AvgIpc) is 2.39. The number of hydrogen-bond donors (Lipinski definition) is 2. The van der Waals surface area contributed by atoms with Gasteiger partial charge in [0.25, 0.3) is 0 Å². The molecular weight excluding hydrogens is 244 g/mol. The highest BCUT2D eigenvalue weighted by Gasteiger charge is 2.02. The van der Waals surface area contributed by atoms with Crippen molar-refractivity contribution in [2.24, 2.45) is 0 Å². The van der Waals surface area contributed by atoms with Crippen LogP contribution in [0.15, 0.2) is 18.2 Å². The second kappa shape index (κ2) is 8.50. The smallest absolute Gasteiger partial charge is 0.234 e. The van der Waals surface area contributed by atoms with Crippen molar-refractivity contribution in [3.05, 3.63) is 29.3 Å². The van der Waals surface area contributed by atoms with Gasteiger partial charge in [-0.1, -0.05) is 12.1 Å². The third-order valence-corrected chi connectivity index (χ3v) is 2.70. The Morgan fingerprint density at radius 1 is 1.32 bits per heavy atom. The number of hydrogen-bond acceptors (Lipinski definition) is 4. The molecule has 0 saturated heterocycles. The van der Waals surface area contributed by atoms with Crippen LogP contribution in [0.5, 0.6) is 5.75 Å². The molecule has 0 aromatic heterocycles. The van der Waals surface area contributed by atoms with Gasteiger partial charge in [-0.05, 0) is 24.1 Å². The van der Waals surface area contributed by atoms with Crippen LogP contribution < -0.4 is 15.4 Å². The first kappa shape index (κ1) is 15.5. The molecule has 106 valence electrons. The number of amides is 1. The molecule has 1 aromatic carbocycles. The second-order valence-corrected chi connectivity index (χ2v) is 4.25. The fourth-order valence-electron chi connectivity index (χ4n) is 1.73. The molecule has 1 amide bonds. The van der Waals surface area contributed by atoms with Crippen LogP contribution in [0.25, 0.3) is 0 Å². The number of nitrogens with one attached hydrogen (secondary N) is 2. The summed E-state index contributed by atoms with van der Waals surface area (Å²) in [6, 6.07) is 5.97. The van der Waals surface area contributed by atoms with Crippen LogP contribution in [-0.2, 0) is 16.1 Å². The summed E-state index contributed by atoms with van der Waals surface area (Å²) in [5.41, 5.74) is 2.22. The highest BCUT2D eigenvalue weighted by atomic mass is 16.5. The maximum atomic E-state index is 11.4. The summed E-state index contributed by atoms with van der Waals surface area (Å²) >= 11 is 0. The Hall–Kier alpha value is -1.59. The predicted molar refractivity (Wildman–Crippen MR) is 74.3 cm³/mol. The van der Waals surface area contributed by atoms with E-state index in [1.54, 1.807) is 14.2 Å². The Labute approximate surface area is 114 Å². The summed E-state index contributed by atoms with van der Waals surface area (Å²) in [5.74, 6) is 0.850. The number of ether oxygens (including phenoxy) is 2. The van der Waals surface area contributed by atoms with Crippen molar-refractivity contribution in [1.29, 1.82) is 0 Å². The fraction of sp³-hybridized carbons (Fsp3) is 0.500. The summed E-state index contributed by atoms with van der Waals surface area (Å²) in [6.07, 6.45) is 0. The predicted octanol–water partition coefficient (Wildman–Crippen LogP) is 0.856. The van der Waals surface area contributed by atoms with Gasteiger partial charge in [0.1, 0.15) is 5.75 Å². The molecule has 19 heavy (non-hydrogen) atoms. The van der Waals surface area contributed by atoms with Gasteiger partial charge in [0.15, 0.2) is 0 Å². The van der Waals surface area contributed by atoms with E-state index in [2.05, 4.69) is 16.7 Å². The van der Waals surface area contributed by atoms with Gasteiger partial charge in [-0.3, -0.25) is 4.79 Å². The van der Waals surface area contributed by atoms with E-state index in [0.29, 0.717) is 26.2 Å². The first-order chi connectivity index (χ1) is 9.17. The molecule has 1 aromatic rings. The largest absolute Gasteiger partial charge is 0.496 e. The summed E-state index contributed by atoms with van der Waals surface area (Å²) in [4.78, 5) is 11.4. The van der Waals surface area contributed by atoms with Crippen LogP contribution in [0.2, 0.25) is 0 Å². The van der Waals surface area contributed by atoms with E-state index in [0.717, 1.165) is 16.9 Å². The number of methoxy groups -OCH3 is 2. The maximum Gasteiger partial charge on any atom is 0.234 e. The monoisotopic (exact) mass is 266 g/mol. The van der Waals surface area contributed by atoms with Gasteiger partial charge in [0.05, 0.1) is 20.3 Å². The minimum absolute atomic E-state index is 0.0257. The lowest BCUT2D eigenvalue weighted by molar-refractivity contribution is -0.120. The van der Waals surface area contributed by atoms with Crippen LogP contribution in [0, 0.1) is 6.92 Å². The molecule has 0 heterocycles. The highest BCUT2D eigenvalue weighted by molar-refractivity contribution is 5.77. The van der Waals surface area contributed by atoms with Crippen molar-refractivity contribution in [2.75, 3.05) is 33.9 Å². The Bertz CT molecular complexity index is 408. The average molecular weight is 266 g/mol. The van der Waals surface area contributed by atoms with Gasteiger partial charge >= 0.3 is 0 Å². The lowest BCUT2D eigenvalue weighted by Gasteiger charge is -2.09. The Balaban J connectivity index is 2.29. The third-order valence-electron chi connectivity index (χ3n) is 2.70. The number of benzene rings is 1. The number of carbonyl (C=O) groups excluding carboxylic acids is 1.